The van der Waals surface area contributed by atoms with Gasteiger partial charge in [0.15, 0.2) is 0 Å². The Balaban J connectivity index is 2.36. The van der Waals surface area contributed by atoms with Crippen LogP contribution in [0.5, 0.6) is 0 Å². The molecule has 0 aromatic heterocycles. The Morgan fingerprint density at radius 3 is 2.21 bits per heavy atom. The molecule has 1 aliphatic rings. The molecule has 1 rings (SSSR count). The number of rotatable bonds is 6. The molecule has 0 radical (unpaired) electrons. The predicted molar refractivity (Wildman–Crippen MR) is 62.6 cm³/mol. The molecule has 2 atom stereocenters. The Morgan fingerprint density at radius 2 is 1.79 bits per heavy atom. The lowest BCUT2D eigenvalue weighted by Gasteiger charge is -2.28. The van der Waals surface area contributed by atoms with Crippen molar-refractivity contribution in [1.29, 1.82) is 0 Å². The van der Waals surface area contributed by atoms with Crippen molar-refractivity contribution < 1.29 is 0 Å². The number of hydrogen-bond donors (Lipinski definition) is 1. The van der Waals surface area contributed by atoms with E-state index in [1.807, 2.05) is 0 Å². The highest BCUT2D eigenvalue weighted by Crippen LogP contribution is 2.24. The summed E-state index contributed by atoms with van der Waals surface area (Å²) in [5.41, 5.74) is 0. The maximum Gasteiger partial charge on any atom is 0.0111 e. The molecular formula is C12H26N2. The quantitative estimate of drug-likeness (QED) is 0.704. The second-order valence-corrected chi connectivity index (χ2v) is 4.49. The average molecular weight is 198 g/mol. The summed E-state index contributed by atoms with van der Waals surface area (Å²) >= 11 is 0. The maximum atomic E-state index is 3.41. The third-order valence-corrected chi connectivity index (χ3v) is 3.35. The van der Waals surface area contributed by atoms with Crippen molar-refractivity contribution in [3.8, 4) is 0 Å². The Morgan fingerprint density at radius 1 is 1.14 bits per heavy atom. The molecule has 1 fully saturated rings. The zero-order valence-corrected chi connectivity index (χ0v) is 10.1. The van der Waals surface area contributed by atoms with Crippen LogP contribution in [0.4, 0.5) is 0 Å². The lowest BCUT2D eigenvalue weighted by atomic mass is 10.2. The van der Waals surface area contributed by atoms with Crippen molar-refractivity contribution in [3.63, 3.8) is 0 Å². The number of nitrogens with zero attached hydrogens (tertiary/aromatic N) is 1. The Bertz CT molecular complexity index is 141. The summed E-state index contributed by atoms with van der Waals surface area (Å²) in [7, 11) is 2.09. The van der Waals surface area contributed by atoms with Crippen molar-refractivity contribution >= 4 is 0 Å². The minimum absolute atomic E-state index is 0.774. The molecule has 0 bridgehead atoms. The molecular weight excluding hydrogens is 172 g/mol. The average Bonchev–Trinajstić information content (AvgIpc) is 2.65. The highest BCUT2D eigenvalue weighted by Gasteiger charge is 2.27. The molecule has 0 saturated heterocycles. The molecule has 1 N–H and O–H groups in total. The van der Waals surface area contributed by atoms with E-state index in [1.54, 1.807) is 0 Å². The summed E-state index contributed by atoms with van der Waals surface area (Å²) in [6.07, 6.45) is 6.70. The Kier molecular flexibility index (Phi) is 5.49. The highest BCUT2D eigenvalue weighted by molar-refractivity contribution is 4.85. The van der Waals surface area contributed by atoms with Crippen LogP contribution in [0, 0.1) is 0 Å². The summed E-state index contributed by atoms with van der Waals surface area (Å²) in [6.45, 7) is 7.14. The molecule has 1 aliphatic carbocycles. The minimum Gasteiger partial charge on any atom is -0.317 e. The van der Waals surface area contributed by atoms with Gasteiger partial charge in [-0.25, -0.2) is 0 Å². The molecule has 0 aromatic carbocycles. The normalized spacial score (nSPS) is 27.4. The second kappa shape index (κ2) is 6.41. The molecule has 0 amide bonds. The third kappa shape index (κ3) is 3.25. The van der Waals surface area contributed by atoms with Crippen molar-refractivity contribution in [2.75, 3.05) is 20.1 Å². The zero-order valence-electron chi connectivity index (χ0n) is 10.1. The van der Waals surface area contributed by atoms with Gasteiger partial charge in [0.2, 0.25) is 0 Å². The van der Waals surface area contributed by atoms with Crippen molar-refractivity contribution in [2.24, 2.45) is 0 Å². The standard InChI is InChI=1S/C12H26N2/c1-4-8-14(9-5-2)12-7-6-11(10-12)13-3/h11-13H,4-10H2,1-3H3. The van der Waals surface area contributed by atoms with E-state index in [0.29, 0.717) is 0 Å². The van der Waals surface area contributed by atoms with Gasteiger partial charge in [-0.1, -0.05) is 13.8 Å². The van der Waals surface area contributed by atoms with Gasteiger partial charge in [0.25, 0.3) is 0 Å². The van der Waals surface area contributed by atoms with E-state index in [4.69, 9.17) is 0 Å². The SMILES string of the molecule is CCCN(CCC)C1CCC(NC)C1. The molecule has 0 aromatic rings. The molecule has 14 heavy (non-hydrogen) atoms. The van der Waals surface area contributed by atoms with E-state index < -0.39 is 0 Å². The van der Waals surface area contributed by atoms with E-state index in [2.05, 4.69) is 31.1 Å². The molecule has 2 nitrogen and oxygen atoms in total. The van der Waals surface area contributed by atoms with Crippen LogP contribution in [-0.2, 0) is 0 Å². The molecule has 2 unspecified atom stereocenters. The van der Waals surface area contributed by atoms with Crippen LogP contribution in [0.1, 0.15) is 46.0 Å². The molecule has 0 spiro atoms. The first-order valence-electron chi connectivity index (χ1n) is 6.23. The second-order valence-electron chi connectivity index (χ2n) is 4.49. The summed E-state index contributed by atoms with van der Waals surface area (Å²) in [5, 5.41) is 3.41. The van der Waals surface area contributed by atoms with Crippen LogP contribution >= 0.6 is 0 Å². The van der Waals surface area contributed by atoms with Crippen LogP contribution < -0.4 is 5.32 Å². The van der Waals surface area contributed by atoms with E-state index in [-0.39, 0.29) is 0 Å². The number of hydrogen-bond acceptors (Lipinski definition) is 2. The summed E-state index contributed by atoms with van der Waals surface area (Å²) in [6, 6.07) is 1.63. The van der Waals surface area contributed by atoms with Gasteiger partial charge < -0.3 is 10.2 Å². The van der Waals surface area contributed by atoms with Crippen LogP contribution in [0.15, 0.2) is 0 Å². The monoisotopic (exact) mass is 198 g/mol. The van der Waals surface area contributed by atoms with E-state index in [0.717, 1.165) is 12.1 Å². The van der Waals surface area contributed by atoms with Crippen LogP contribution in [0.25, 0.3) is 0 Å². The van der Waals surface area contributed by atoms with E-state index in [1.165, 1.54) is 45.2 Å². The van der Waals surface area contributed by atoms with Gasteiger partial charge >= 0.3 is 0 Å². The largest absolute Gasteiger partial charge is 0.317 e. The van der Waals surface area contributed by atoms with Gasteiger partial charge in [0.1, 0.15) is 0 Å². The van der Waals surface area contributed by atoms with Gasteiger partial charge in [-0.2, -0.15) is 0 Å². The van der Waals surface area contributed by atoms with Gasteiger partial charge in [0.05, 0.1) is 0 Å². The molecule has 0 aliphatic heterocycles. The van der Waals surface area contributed by atoms with E-state index >= 15 is 0 Å². The zero-order chi connectivity index (χ0) is 10.4. The summed E-state index contributed by atoms with van der Waals surface area (Å²) < 4.78 is 0. The molecule has 0 heterocycles. The lowest BCUT2D eigenvalue weighted by molar-refractivity contribution is 0.196. The minimum atomic E-state index is 0.774. The topological polar surface area (TPSA) is 15.3 Å². The third-order valence-electron chi connectivity index (χ3n) is 3.35. The van der Waals surface area contributed by atoms with Gasteiger partial charge in [0, 0.05) is 12.1 Å². The summed E-state index contributed by atoms with van der Waals surface area (Å²) in [4.78, 5) is 2.69. The fourth-order valence-electron chi connectivity index (χ4n) is 2.60. The molecule has 2 heteroatoms. The lowest BCUT2D eigenvalue weighted by Crippen LogP contribution is -2.36. The van der Waals surface area contributed by atoms with Crippen molar-refractivity contribution in [2.45, 2.75) is 58.0 Å². The van der Waals surface area contributed by atoms with Crippen molar-refractivity contribution in [1.82, 2.24) is 10.2 Å². The fraction of sp³-hybridized carbons (Fsp3) is 1.00. The number of nitrogens with one attached hydrogen (secondary N) is 1. The van der Waals surface area contributed by atoms with E-state index in [9.17, 15) is 0 Å². The first kappa shape index (κ1) is 12.0. The van der Waals surface area contributed by atoms with Crippen molar-refractivity contribution in [3.05, 3.63) is 0 Å². The van der Waals surface area contributed by atoms with Crippen LogP contribution in [0.3, 0.4) is 0 Å². The van der Waals surface area contributed by atoms with Gasteiger partial charge in [-0.15, -0.1) is 0 Å². The Labute approximate surface area is 89.1 Å². The highest BCUT2D eigenvalue weighted by atomic mass is 15.2. The fourth-order valence-corrected chi connectivity index (χ4v) is 2.60. The smallest absolute Gasteiger partial charge is 0.0111 e. The first-order valence-corrected chi connectivity index (χ1v) is 6.23. The van der Waals surface area contributed by atoms with Crippen LogP contribution in [0.2, 0.25) is 0 Å². The molecule has 84 valence electrons. The first-order chi connectivity index (χ1) is 6.81. The van der Waals surface area contributed by atoms with Crippen LogP contribution in [-0.4, -0.2) is 37.1 Å². The maximum absolute atomic E-state index is 3.41. The van der Waals surface area contributed by atoms with Gasteiger partial charge in [-0.05, 0) is 52.2 Å². The molecule has 1 saturated carbocycles. The Hall–Kier alpha value is -0.0800. The van der Waals surface area contributed by atoms with Gasteiger partial charge in [-0.3, -0.25) is 0 Å². The summed E-state index contributed by atoms with van der Waals surface area (Å²) in [5.74, 6) is 0. The predicted octanol–water partition coefficient (Wildman–Crippen LogP) is 2.25.